The first-order valence-corrected chi connectivity index (χ1v) is 7.32. The zero-order chi connectivity index (χ0) is 15.4. The minimum atomic E-state index is -0.145. The molecule has 0 N–H and O–H groups in total. The second kappa shape index (κ2) is 6.51. The van der Waals surface area contributed by atoms with Gasteiger partial charge in [0.15, 0.2) is 17.6 Å². The van der Waals surface area contributed by atoms with Gasteiger partial charge in [0.1, 0.15) is 6.61 Å². The van der Waals surface area contributed by atoms with Gasteiger partial charge >= 0.3 is 0 Å². The fourth-order valence-corrected chi connectivity index (χ4v) is 2.39. The van der Waals surface area contributed by atoms with Crippen LogP contribution in [0.5, 0.6) is 11.5 Å². The highest BCUT2D eigenvalue weighted by Crippen LogP contribution is 2.30. The van der Waals surface area contributed by atoms with Crippen LogP contribution in [-0.4, -0.2) is 46.9 Å². The predicted molar refractivity (Wildman–Crippen MR) is 80.8 cm³/mol. The lowest BCUT2D eigenvalue weighted by molar-refractivity contribution is -0.131. The lowest BCUT2D eigenvalue weighted by Crippen LogP contribution is -2.42. The van der Waals surface area contributed by atoms with Crippen molar-refractivity contribution in [2.75, 3.05) is 20.2 Å². The summed E-state index contributed by atoms with van der Waals surface area (Å²) in [5, 5.41) is 4.09. The van der Waals surface area contributed by atoms with Crippen LogP contribution in [0, 0.1) is 0 Å². The molecule has 6 heteroatoms. The quantitative estimate of drug-likeness (QED) is 0.841. The number of aryl methyl sites for hydroxylation is 1. The number of benzene rings is 1. The van der Waals surface area contributed by atoms with Crippen LogP contribution in [0.15, 0.2) is 42.7 Å². The van der Waals surface area contributed by atoms with Crippen molar-refractivity contribution in [1.29, 1.82) is 0 Å². The summed E-state index contributed by atoms with van der Waals surface area (Å²) in [5.74, 6) is 1.56. The smallest absolute Gasteiger partial charge is 0.224 e. The molecule has 1 amide bonds. The van der Waals surface area contributed by atoms with E-state index in [4.69, 9.17) is 9.47 Å². The molecule has 0 saturated heterocycles. The van der Waals surface area contributed by atoms with Crippen LogP contribution in [0.2, 0.25) is 0 Å². The summed E-state index contributed by atoms with van der Waals surface area (Å²) in [5.41, 5.74) is 0. The molecule has 116 valence electrons. The molecule has 1 atom stereocenters. The fraction of sp³-hybridized carbons (Fsp3) is 0.375. The predicted octanol–water partition coefficient (Wildman–Crippen LogP) is 1.57. The molecule has 0 saturated carbocycles. The number of ether oxygens (including phenoxy) is 2. The first-order chi connectivity index (χ1) is 10.7. The van der Waals surface area contributed by atoms with E-state index in [9.17, 15) is 4.79 Å². The SMILES string of the molecule is CN(C[C@@H]1COc2ccccc2O1)C(=O)CCn1cccn1. The molecule has 2 aromatic rings. The number of nitrogens with zero attached hydrogens (tertiary/aromatic N) is 3. The van der Waals surface area contributed by atoms with Gasteiger partial charge in [-0.25, -0.2) is 0 Å². The highest BCUT2D eigenvalue weighted by Gasteiger charge is 2.23. The lowest BCUT2D eigenvalue weighted by Gasteiger charge is -2.29. The van der Waals surface area contributed by atoms with Crippen molar-refractivity contribution < 1.29 is 14.3 Å². The van der Waals surface area contributed by atoms with Gasteiger partial charge in [-0.2, -0.15) is 5.10 Å². The molecule has 0 aliphatic carbocycles. The minimum Gasteiger partial charge on any atom is -0.486 e. The highest BCUT2D eigenvalue weighted by molar-refractivity contribution is 5.75. The molecule has 1 aromatic heterocycles. The maximum Gasteiger partial charge on any atom is 0.224 e. The largest absolute Gasteiger partial charge is 0.486 e. The Morgan fingerprint density at radius 1 is 1.36 bits per heavy atom. The van der Waals surface area contributed by atoms with E-state index in [1.54, 1.807) is 22.8 Å². The molecule has 0 radical (unpaired) electrons. The Kier molecular flexibility index (Phi) is 4.27. The van der Waals surface area contributed by atoms with Gasteiger partial charge in [-0.15, -0.1) is 0 Å². The Morgan fingerprint density at radius 2 is 2.18 bits per heavy atom. The summed E-state index contributed by atoms with van der Waals surface area (Å²) in [6.07, 6.45) is 3.83. The number of hydrogen-bond donors (Lipinski definition) is 0. The Hall–Kier alpha value is -2.50. The van der Waals surface area contributed by atoms with Crippen LogP contribution in [0.1, 0.15) is 6.42 Å². The van der Waals surface area contributed by atoms with Gasteiger partial charge in [-0.3, -0.25) is 9.48 Å². The first kappa shape index (κ1) is 14.4. The van der Waals surface area contributed by atoms with Crippen molar-refractivity contribution in [2.24, 2.45) is 0 Å². The topological polar surface area (TPSA) is 56.6 Å². The second-order valence-corrected chi connectivity index (χ2v) is 5.29. The molecule has 6 nitrogen and oxygen atoms in total. The van der Waals surface area contributed by atoms with Crippen LogP contribution in [-0.2, 0) is 11.3 Å². The van der Waals surface area contributed by atoms with E-state index >= 15 is 0 Å². The first-order valence-electron chi connectivity index (χ1n) is 7.32. The number of fused-ring (bicyclic) bond motifs is 1. The third-order valence-electron chi connectivity index (χ3n) is 3.58. The molecule has 2 heterocycles. The van der Waals surface area contributed by atoms with Gasteiger partial charge in [0.2, 0.25) is 5.91 Å². The van der Waals surface area contributed by atoms with Crippen molar-refractivity contribution in [3.8, 4) is 11.5 Å². The molecule has 0 bridgehead atoms. The number of carbonyl (C=O) groups excluding carboxylic acids is 1. The Bertz CT molecular complexity index is 627. The highest BCUT2D eigenvalue weighted by atomic mass is 16.6. The molecule has 3 rings (SSSR count). The average molecular weight is 301 g/mol. The van der Waals surface area contributed by atoms with Gasteiger partial charge in [0, 0.05) is 32.4 Å². The normalized spacial score (nSPS) is 16.3. The van der Waals surface area contributed by atoms with E-state index in [1.807, 2.05) is 36.5 Å². The van der Waals surface area contributed by atoms with Crippen molar-refractivity contribution in [1.82, 2.24) is 14.7 Å². The molecule has 0 fully saturated rings. The number of aromatic nitrogens is 2. The van der Waals surface area contributed by atoms with Gasteiger partial charge < -0.3 is 14.4 Å². The zero-order valence-electron chi connectivity index (χ0n) is 12.5. The lowest BCUT2D eigenvalue weighted by atomic mass is 10.2. The van der Waals surface area contributed by atoms with Gasteiger partial charge in [-0.1, -0.05) is 12.1 Å². The number of amides is 1. The summed E-state index contributed by atoms with van der Waals surface area (Å²) < 4.78 is 13.3. The summed E-state index contributed by atoms with van der Waals surface area (Å²) in [4.78, 5) is 13.8. The summed E-state index contributed by atoms with van der Waals surface area (Å²) in [6, 6.07) is 9.42. The van der Waals surface area contributed by atoms with Crippen LogP contribution >= 0.6 is 0 Å². The maximum absolute atomic E-state index is 12.1. The molecule has 1 aromatic carbocycles. The van der Waals surface area contributed by atoms with Crippen molar-refractivity contribution in [3.63, 3.8) is 0 Å². The zero-order valence-corrected chi connectivity index (χ0v) is 12.5. The van der Waals surface area contributed by atoms with Crippen LogP contribution in [0.3, 0.4) is 0 Å². The van der Waals surface area contributed by atoms with Gasteiger partial charge in [0.25, 0.3) is 0 Å². The van der Waals surface area contributed by atoms with Crippen molar-refractivity contribution in [2.45, 2.75) is 19.1 Å². The Balaban J connectivity index is 1.49. The number of rotatable bonds is 5. The molecule has 0 unspecified atom stereocenters. The monoisotopic (exact) mass is 301 g/mol. The molecule has 22 heavy (non-hydrogen) atoms. The second-order valence-electron chi connectivity index (χ2n) is 5.29. The third-order valence-corrected chi connectivity index (χ3v) is 3.58. The summed E-state index contributed by atoms with van der Waals surface area (Å²) >= 11 is 0. The van der Waals surface area contributed by atoms with E-state index in [1.165, 1.54) is 0 Å². The van der Waals surface area contributed by atoms with Crippen molar-refractivity contribution in [3.05, 3.63) is 42.7 Å². The molecular weight excluding hydrogens is 282 g/mol. The van der Waals surface area contributed by atoms with Gasteiger partial charge in [-0.05, 0) is 18.2 Å². The minimum absolute atomic E-state index is 0.0676. The number of hydrogen-bond acceptors (Lipinski definition) is 4. The Morgan fingerprint density at radius 3 is 2.95 bits per heavy atom. The molecule has 1 aliphatic rings. The maximum atomic E-state index is 12.1. The van der Waals surface area contributed by atoms with E-state index < -0.39 is 0 Å². The van der Waals surface area contributed by atoms with Crippen molar-refractivity contribution >= 4 is 5.91 Å². The fourth-order valence-electron chi connectivity index (χ4n) is 2.39. The summed E-state index contributed by atoms with van der Waals surface area (Å²) in [6.45, 7) is 1.54. The number of carbonyl (C=O) groups is 1. The van der Waals surface area contributed by atoms with Crippen LogP contribution in [0.25, 0.3) is 0 Å². The van der Waals surface area contributed by atoms with Crippen LogP contribution in [0.4, 0.5) is 0 Å². The van der Waals surface area contributed by atoms with E-state index in [0.29, 0.717) is 26.1 Å². The van der Waals surface area contributed by atoms with E-state index in [-0.39, 0.29) is 12.0 Å². The molecule has 1 aliphatic heterocycles. The molecule has 0 spiro atoms. The van der Waals surface area contributed by atoms with Crippen LogP contribution < -0.4 is 9.47 Å². The third kappa shape index (κ3) is 3.39. The van der Waals surface area contributed by atoms with E-state index in [2.05, 4.69) is 5.10 Å². The van der Waals surface area contributed by atoms with Gasteiger partial charge in [0.05, 0.1) is 6.54 Å². The Labute approximate surface area is 129 Å². The van der Waals surface area contributed by atoms with E-state index in [0.717, 1.165) is 11.5 Å². The summed E-state index contributed by atoms with van der Waals surface area (Å²) in [7, 11) is 1.79. The standard InChI is InChI=1S/C16H19N3O3/c1-18(16(20)7-10-19-9-4-8-17-19)11-13-12-21-14-5-2-3-6-15(14)22-13/h2-6,8-9,13H,7,10-12H2,1H3/t13-/m1/s1. The number of para-hydroxylation sites is 2. The average Bonchev–Trinajstić information content (AvgIpc) is 3.06. The number of likely N-dealkylation sites (N-methyl/N-ethyl adjacent to an activating group) is 1. The molecular formula is C16H19N3O3.